The van der Waals surface area contributed by atoms with E-state index in [-0.39, 0.29) is 23.7 Å². The second-order valence-electron chi connectivity index (χ2n) is 8.10. The Morgan fingerprint density at radius 2 is 1.84 bits per heavy atom. The van der Waals surface area contributed by atoms with Gasteiger partial charge in [0.15, 0.2) is 5.13 Å². The zero-order valence-corrected chi connectivity index (χ0v) is 20.6. The number of hydrogen-bond acceptors (Lipinski definition) is 6. The number of carbonyl (C=O) groups excluding carboxylic acids is 2. The third-order valence-electron chi connectivity index (χ3n) is 5.59. The molecule has 1 aliphatic rings. The van der Waals surface area contributed by atoms with Crippen LogP contribution in [0.15, 0.2) is 18.2 Å². The van der Waals surface area contributed by atoms with Gasteiger partial charge in [-0.15, -0.1) is 0 Å². The van der Waals surface area contributed by atoms with Gasteiger partial charge in [0.2, 0.25) is 11.8 Å². The third-order valence-corrected chi connectivity index (χ3v) is 8.73. The smallest absolute Gasteiger partial charge is 0.281 e. The van der Waals surface area contributed by atoms with Crippen LogP contribution in [0.4, 0.5) is 10.8 Å². The summed E-state index contributed by atoms with van der Waals surface area (Å²) >= 11 is 1.38. The zero-order valence-electron chi connectivity index (χ0n) is 18.9. The standard InChI is InChI=1S/C21H31N5O4S2/c1-5-25(6-2)32(29,30)26-11-9-15(10-12-26)20(28)22-16-7-8-18-17(13-16)23-21(31-18)24-19(27)14(3)4/h7-8,13-15H,5-6,9-12H2,1-4H3,(H,22,28)(H,23,24,27). The molecule has 3 rings (SSSR count). The number of carbonyl (C=O) groups is 2. The molecule has 2 heterocycles. The molecule has 0 unspecified atom stereocenters. The van der Waals surface area contributed by atoms with Crippen LogP contribution in [0.5, 0.6) is 0 Å². The van der Waals surface area contributed by atoms with E-state index in [9.17, 15) is 18.0 Å². The van der Waals surface area contributed by atoms with Gasteiger partial charge < -0.3 is 10.6 Å². The predicted octanol–water partition coefficient (Wildman–Crippen LogP) is 3.13. The quantitative estimate of drug-likeness (QED) is 0.602. The van der Waals surface area contributed by atoms with Crippen molar-refractivity contribution in [2.24, 2.45) is 11.8 Å². The van der Waals surface area contributed by atoms with Crippen molar-refractivity contribution in [1.82, 2.24) is 13.6 Å². The lowest BCUT2D eigenvalue weighted by molar-refractivity contribution is -0.121. The van der Waals surface area contributed by atoms with Gasteiger partial charge in [-0.05, 0) is 31.0 Å². The molecule has 1 aromatic heterocycles. The number of nitrogens with one attached hydrogen (secondary N) is 2. The summed E-state index contributed by atoms with van der Waals surface area (Å²) in [7, 11) is -3.47. The lowest BCUT2D eigenvalue weighted by atomic mass is 9.97. The molecule has 0 radical (unpaired) electrons. The molecule has 2 N–H and O–H groups in total. The van der Waals surface area contributed by atoms with E-state index in [0.29, 0.717) is 55.4 Å². The van der Waals surface area contributed by atoms with Crippen LogP contribution in [-0.4, -0.2) is 60.0 Å². The first kappa shape index (κ1) is 24.6. The van der Waals surface area contributed by atoms with Gasteiger partial charge in [0.05, 0.1) is 10.2 Å². The first-order valence-electron chi connectivity index (χ1n) is 10.9. The summed E-state index contributed by atoms with van der Waals surface area (Å²) in [5.74, 6) is -0.588. The largest absolute Gasteiger partial charge is 0.326 e. The molecule has 1 saturated heterocycles. The fraction of sp³-hybridized carbons (Fsp3) is 0.571. The topological polar surface area (TPSA) is 112 Å². The molecule has 1 fully saturated rings. The average molecular weight is 482 g/mol. The number of anilines is 2. The minimum Gasteiger partial charge on any atom is -0.326 e. The Hall–Kier alpha value is -2.08. The Bertz CT molecular complexity index is 1070. The van der Waals surface area contributed by atoms with Crippen molar-refractivity contribution >= 4 is 54.4 Å². The molecule has 0 aliphatic carbocycles. The first-order valence-corrected chi connectivity index (χ1v) is 13.1. The summed E-state index contributed by atoms with van der Waals surface area (Å²) in [4.78, 5) is 29.1. The highest BCUT2D eigenvalue weighted by atomic mass is 32.2. The van der Waals surface area contributed by atoms with Gasteiger partial charge in [-0.3, -0.25) is 9.59 Å². The number of rotatable bonds is 8. The fourth-order valence-electron chi connectivity index (χ4n) is 3.61. The Kier molecular flexibility index (Phi) is 7.86. The van der Waals surface area contributed by atoms with Crippen molar-refractivity contribution in [2.45, 2.75) is 40.5 Å². The number of benzene rings is 1. The summed E-state index contributed by atoms with van der Waals surface area (Å²) in [6.45, 7) is 8.81. The molecule has 0 atom stereocenters. The monoisotopic (exact) mass is 481 g/mol. The van der Waals surface area contributed by atoms with E-state index in [1.165, 1.54) is 19.9 Å². The molecule has 32 heavy (non-hydrogen) atoms. The van der Waals surface area contributed by atoms with E-state index in [2.05, 4.69) is 15.6 Å². The van der Waals surface area contributed by atoms with Crippen LogP contribution < -0.4 is 10.6 Å². The van der Waals surface area contributed by atoms with Crippen LogP contribution in [0, 0.1) is 11.8 Å². The molecule has 9 nitrogen and oxygen atoms in total. The summed E-state index contributed by atoms with van der Waals surface area (Å²) in [5.41, 5.74) is 1.33. The van der Waals surface area contributed by atoms with Gasteiger partial charge in [0.25, 0.3) is 10.2 Å². The Labute approximate surface area is 193 Å². The van der Waals surface area contributed by atoms with Crippen molar-refractivity contribution in [3.63, 3.8) is 0 Å². The van der Waals surface area contributed by atoms with E-state index in [1.54, 1.807) is 6.07 Å². The van der Waals surface area contributed by atoms with Crippen LogP contribution in [0.25, 0.3) is 10.2 Å². The number of amides is 2. The summed E-state index contributed by atoms with van der Waals surface area (Å²) in [5, 5.41) is 6.26. The van der Waals surface area contributed by atoms with Gasteiger partial charge in [0, 0.05) is 43.7 Å². The number of aromatic nitrogens is 1. The van der Waals surface area contributed by atoms with Crippen molar-refractivity contribution in [3.05, 3.63) is 18.2 Å². The lowest BCUT2D eigenvalue weighted by Crippen LogP contribution is -2.48. The van der Waals surface area contributed by atoms with Gasteiger partial charge >= 0.3 is 0 Å². The molecular weight excluding hydrogens is 450 g/mol. The number of thiazole rings is 1. The van der Waals surface area contributed by atoms with E-state index in [4.69, 9.17) is 0 Å². The molecule has 176 valence electrons. The first-order chi connectivity index (χ1) is 15.1. The molecule has 2 amide bonds. The highest BCUT2D eigenvalue weighted by Crippen LogP contribution is 2.29. The van der Waals surface area contributed by atoms with Gasteiger partial charge in [-0.1, -0.05) is 39.0 Å². The molecule has 2 aromatic rings. The second-order valence-corrected chi connectivity index (χ2v) is 11.1. The van der Waals surface area contributed by atoms with E-state index in [0.717, 1.165) is 4.70 Å². The van der Waals surface area contributed by atoms with Crippen LogP contribution in [0.3, 0.4) is 0 Å². The minimum atomic E-state index is -3.47. The summed E-state index contributed by atoms with van der Waals surface area (Å²) < 4.78 is 29.2. The van der Waals surface area contributed by atoms with Gasteiger partial charge in [-0.2, -0.15) is 17.0 Å². The molecule has 1 aliphatic heterocycles. The molecule has 0 bridgehead atoms. The minimum absolute atomic E-state index is 0.0908. The average Bonchev–Trinajstić information content (AvgIpc) is 3.15. The van der Waals surface area contributed by atoms with E-state index in [1.807, 2.05) is 39.8 Å². The Balaban J connectivity index is 1.61. The highest BCUT2D eigenvalue weighted by Gasteiger charge is 2.33. The second kappa shape index (κ2) is 10.2. The normalized spacial score (nSPS) is 16.1. The Morgan fingerprint density at radius 1 is 1.19 bits per heavy atom. The number of fused-ring (bicyclic) bond motifs is 1. The molecular formula is C21H31N5O4S2. The maximum absolute atomic E-state index is 12.8. The van der Waals surface area contributed by atoms with Gasteiger partial charge in [0.1, 0.15) is 0 Å². The SMILES string of the molecule is CCN(CC)S(=O)(=O)N1CCC(C(=O)Nc2ccc3sc(NC(=O)C(C)C)nc3c2)CC1. The van der Waals surface area contributed by atoms with E-state index >= 15 is 0 Å². The molecule has 1 aromatic carbocycles. The number of piperidine rings is 1. The lowest BCUT2D eigenvalue weighted by Gasteiger charge is -2.33. The number of nitrogens with zero attached hydrogens (tertiary/aromatic N) is 3. The highest BCUT2D eigenvalue weighted by molar-refractivity contribution is 7.86. The maximum Gasteiger partial charge on any atom is 0.281 e. The molecule has 0 spiro atoms. The molecule has 11 heteroatoms. The van der Waals surface area contributed by atoms with Crippen LogP contribution in [0.2, 0.25) is 0 Å². The van der Waals surface area contributed by atoms with Crippen molar-refractivity contribution in [3.8, 4) is 0 Å². The van der Waals surface area contributed by atoms with Crippen LogP contribution >= 0.6 is 11.3 Å². The van der Waals surface area contributed by atoms with Gasteiger partial charge in [-0.25, -0.2) is 4.98 Å². The zero-order chi connectivity index (χ0) is 23.5. The van der Waals surface area contributed by atoms with Crippen molar-refractivity contribution in [2.75, 3.05) is 36.8 Å². The summed E-state index contributed by atoms with van der Waals surface area (Å²) in [6, 6.07) is 5.47. The number of hydrogen-bond donors (Lipinski definition) is 2. The van der Waals surface area contributed by atoms with Crippen LogP contribution in [-0.2, 0) is 19.8 Å². The Morgan fingerprint density at radius 3 is 2.44 bits per heavy atom. The fourth-order valence-corrected chi connectivity index (χ4v) is 6.12. The van der Waals surface area contributed by atoms with Crippen LogP contribution in [0.1, 0.15) is 40.5 Å². The molecule has 0 saturated carbocycles. The maximum atomic E-state index is 12.8. The predicted molar refractivity (Wildman–Crippen MR) is 128 cm³/mol. The summed E-state index contributed by atoms with van der Waals surface area (Å²) in [6.07, 6.45) is 0.966. The van der Waals surface area contributed by atoms with Crippen molar-refractivity contribution in [1.29, 1.82) is 0 Å². The third kappa shape index (κ3) is 5.45. The van der Waals surface area contributed by atoms with E-state index < -0.39 is 10.2 Å². The van der Waals surface area contributed by atoms with Crippen molar-refractivity contribution < 1.29 is 18.0 Å².